The van der Waals surface area contributed by atoms with Crippen LogP contribution in [0, 0.1) is 0 Å². The summed E-state index contributed by atoms with van der Waals surface area (Å²) in [5.74, 6) is 0. The van der Waals surface area contributed by atoms with Crippen LogP contribution < -0.4 is 0 Å². The van der Waals surface area contributed by atoms with Crippen LogP contribution in [0.3, 0.4) is 0 Å². The summed E-state index contributed by atoms with van der Waals surface area (Å²) in [6, 6.07) is 0. The number of rotatable bonds is 18. The minimum atomic E-state index is 1.08. The highest BCUT2D eigenvalue weighted by atomic mass is 14.0. The normalized spacial score (nSPS) is 12.2. The molecule has 0 saturated heterocycles. The Hall–Kier alpha value is -0.780. The number of hydrogen-bond acceptors (Lipinski definition) is 0. The standard InChI is InChI=1S/C24H44/c1-3-5-7-9-11-13-15-17-19-21-23-24-22-20-18-16-14-12-10-8-6-4-2/h5,7,11,13,17,19H,3-4,6,8-10,12,14-16,18,20-24H2,1-2H3. The average molecular weight is 333 g/mol. The minimum Gasteiger partial charge on any atom is -0.0885 e. The quantitative estimate of drug-likeness (QED) is 0.173. The lowest BCUT2D eigenvalue weighted by molar-refractivity contribution is 0.545. The van der Waals surface area contributed by atoms with E-state index in [1.165, 1.54) is 83.5 Å². The van der Waals surface area contributed by atoms with Gasteiger partial charge in [-0.2, -0.15) is 0 Å². The summed E-state index contributed by atoms with van der Waals surface area (Å²) < 4.78 is 0. The van der Waals surface area contributed by atoms with Crippen LogP contribution in [0.1, 0.15) is 117 Å². The summed E-state index contributed by atoms with van der Waals surface area (Å²) in [5, 5.41) is 0. The van der Waals surface area contributed by atoms with Gasteiger partial charge >= 0.3 is 0 Å². The van der Waals surface area contributed by atoms with E-state index in [0.29, 0.717) is 0 Å². The zero-order chi connectivity index (χ0) is 17.6. The van der Waals surface area contributed by atoms with E-state index in [1.807, 2.05) is 0 Å². The fourth-order valence-electron chi connectivity index (χ4n) is 2.93. The molecule has 0 saturated carbocycles. The van der Waals surface area contributed by atoms with Crippen LogP contribution in [-0.2, 0) is 0 Å². The molecular weight excluding hydrogens is 288 g/mol. The molecule has 0 amide bonds. The maximum Gasteiger partial charge on any atom is -0.0169 e. The van der Waals surface area contributed by atoms with Gasteiger partial charge < -0.3 is 0 Å². The summed E-state index contributed by atoms with van der Waals surface area (Å²) in [7, 11) is 0. The molecule has 0 atom stereocenters. The maximum absolute atomic E-state index is 2.36. The van der Waals surface area contributed by atoms with Crippen molar-refractivity contribution in [1.29, 1.82) is 0 Å². The van der Waals surface area contributed by atoms with Gasteiger partial charge in [-0.05, 0) is 32.1 Å². The Bertz CT molecular complexity index is 295. The molecule has 0 aromatic heterocycles. The number of hydrogen-bond donors (Lipinski definition) is 0. The molecule has 0 fully saturated rings. The van der Waals surface area contributed by atoms with Crippen LogP contribution in [0.25, 0.3) is 0 Å². The lowest BCUT2D eigenvalue weighted by atomic mass is 10.0. The van der Waals surface area contributed by atoms with Gasteiger partial charge in [-0.15, -0.1) is 0 Å². The Morgan fingerprint density at radius 2 is 0.833 bits per heavy atom. The molecule has 140 valence electrons. The van der Waals surface area contributed by atoms with Gasteiger partial charge in [-0.25, -0.2) is 0 Å². The van der Waals surface area contributed by atoms with Crippen LogP contribution in [-0.4, -0.2) is 0 Å². The van der Waals surface area contributed by atoms with Crippen LogP contribution >= 0.6 is 0 Å². The van der Waals surface area contributed by atoms with Gasteiger partial charge in [-0.1, -0.05) is 121 Å². The van der Waals surface area contributed by atoms with Crippen LogP contribution in [0.15, 0.2) is 36.5 Å². The molecule has 0 heteroatoms. The Kier molecular flexibility index (Phi) is 21.5. The number of unbranched alkanes of at least 4 members (excludes halogenated alkanes) is 12. The molecule has 0 spiro atoms. The molecule has 0 unspecified atom stereocenters. The maximum atomic E-state index is 2.36. The van der Waals surface area contributed by atoms with E-state index in [2.05, 4.69) is 50.3 Å². The van der Waals surface area contributed by atoms with Crippen molar-refractivity contribution in [2.75, 3.05) is 0 Å². The third-order valence-corrected chi connectivity index (χ3v) is 4.50. The number of allylic oxidation sites excluding steroid dienone is 6. The van der Waals surface area contributed by atoms with Crippen molar-refractivity contribution in [3.8, 4) is 0 Å². The van der Waals surface area contributed by atoms with Crippen LogP contribution in [0.2, 0.25) is 0 Å². The second kappa shape index (κ2) is 22.2. The highest BCUT2D eigenvalue weighted by molar-refractivity contribution is 4.96. The van der Waals surface area contributed by atoms with Crippen LogP contribution in [0.4, 0.5) is 0 Å². The van der Waals surface area contributed by atoms with Crippen LogP contribution in [0.5, 0.6) is 0 Å². The Morgan fingerprint density at radius 3 is 1.33 bits per heavy atom. The lowest BCUT2D eigenvalue weighted by Gasteiger charge is -2.02. The van der Waals surface area contributed by atoms with E-state index in [0.717, 1.165) is 19.3 Å². The summed E-state index contributed by atoms with van der Waals surface area (Å²) in [6.45, 7) is 4.47. The van der Waals surface area contributed by atoms with Crippen molar-refractivity contribution in [3.63, 3.8) is 0 Å². The minimum absolute atomic E-state index is 1.08. The molecule has 0 bridgehead atoms. The Labute approximate surface area is 153 Å². The molecule has 0 nitrogen and oxygen atoms in total. The molecule has 0 rings (SSSR count). The third-order valence-electron chi connectivity index (χ3n) is 4.50. The molecule has 0 aliphatic heterocycles. The second-order valence-corrected chi connectivity index (χ2v) is 6.97. The summed E-state index contributed by atoms with van der Waals surface area (Å²) in [5.41, 5.74) is 0. The highest BCUT2D eigenvalue weighted by Gasteiger charge is 1.92. The smallest absolute Gasteiger partial charge is 0.0169 e. The van der Waals surface area contributed by atoms with Crippen molar-refractivity contribution < 1.29 is 0 Å². The highest BCUT2D eigenvalue weighted by Crippen LogP contribution is 2.12. The Morgan fingerprint density at radius 1 is 0.417 bits per heavy atom. The van der Waals surface area contributed by atoms with Crippen molar-refractivity contribution in [2.45, 2.75) is 117 Å². The van der Waals surface area contributed by atoms with Crippen molar-refractivity contribution in [3.05, 3.63) is 36.5 Å². The monoisotopic (exact) mass is 332 g/mol. The third kappa shape index (κ3) is 21.2. The average Bonchev–Trinajstić information content (AvgIpc) is 2.60. The molecule has 0 radical (unpaired) electrons. The Balaban J connectivity index is 3.14. The van der Waals surface area contributed by atoms with Gasteiger partial charge in [-0.3, -0.25) is 0 Å². The zero-order valence-corrected chi connectivity index (χ0v) is 16.8. The molecule has 0 N–H and O–H groups in total. The summed E-state index contributed by atoms with van der Waals surface area (Å²) in [6.07, 6.45) is 35.5. The zero-order valence-electron chi connectivity index (χ0n) is 16.8. The van der Waals surface area contributed by atoms with Crippen molar-refractivity contribution in [2.24, 2.45) is 0 Å². The first-order valence-corrected chi connectivity index (χ1v) is 10.9. The second-order valence-electron chi connectivity index (χ2n) is 6.97. The molecule has 0 aromatic rings. The predicted octanol–water partition coefficient (Wildman–Crippen LogP) is 8.94. The van der Waals surface area contributed by atoms with E-state index in [-0.39, 0.29) is 0 Å². The molecule has 0 heterocycles. The first kappa shape index (κ1) is 23.2. The van der Waals surface area contributed by atoms with Gasteiger partial charge in [0.1, 0.15) is 0 Å². The molecular formula is C24H44. The first-order valence-electron chi connectivity index (χ1n) is 10.9. The molecule has 24 heavy (non-hydrogen) atoms. The fraction of sp³-hybridized carbons (Fsp3) is 0.750. The van der Waals surface area contributed by atoms with Gasteiger partial charge in [0.05, 0.1) is 0 Å². The van der Waals surface area contributed by atoms with Crippen molar-refractivity contribution in [1.82, 2.24) is 0 Å². The predicted molar refractivity (Wildman–Crippen MR) is 113 cm³/mol. The van der Waals surface area contributed by atoms with E-state index >= 15 is 0 Å². The summed E-state index contributed by atoms with van der Waals surface area (Å²) in [4.78, 5) is 0. The van der Waals surface area contributed by atoms with Gasteiger partial charge in [0.25, 0.3) is 0 Å². The fourth-order valence-corrected chi connectivity index (χ4v) is 2.93. The summed E-state index contributed by atoms with van der Waals surface area (Å²) >= 11 is 0. The molecule has 0 aliphatic rings. The lowest BCUT2D eigenvalue weighted by Crippen LogP contribution is -1.82. The van der Waals surface area contributed by atoms with Gasteiger partial charge in [0.2, 0.25) is 0 Å². The topological polar surface area (TPSA) is 0 Å². The SMILES string of the molecule is CCC=CCC=CCC=CCCCCCCCCCCCCCC. The first-order chi connectivity index (χ1) is 11.9. The van der Waals surface area contributed by atoms with E-state index in [4.69, 9.17) is 0 Å². The molecule has 0 aliphatic carbocycles. The van der Waals surface area contributed by atoms with Gasteiger partial charge in [0, 0.05) is 0 Å². The van der Waals surface area contributed by atoms with E-state index in [9.17, 15) is 0 Å². The van der Waals surface area contributed by atoms with E-state index in [1.54, 1.807) is 0 Å². The van der Waals surface area contributed by atoms with Gasteiger partial charge in [0.15, 0.2) is 0 Å². The van der Waals surface area contributed by atoms with E-state index < -0.39 is 0 Å². The largest absolute Gasteiger partial charge is 0.0885 e. The molecule has 0 aromatic carbocycles. The van der Waals surface area contributed by atoms with Crippen molar-refractivity contribution >= 4 is 0 Å².